The van der Waals surface area contributed by atoms with Crippen LogP contribution in [0.1, 0.15) is 29.0 Å². The van der Waals surface area contributed by atoms with Crippen LogP contribution >= 0.6 is 0 Å². The van der Waals surface area contributed by atoms with Crippen LogP contribution < -0.4 is 14.8 Å². The van der Waals surface area contributed by atoms with E-state index in [9.17, 15) is 15.0 Å². The van der Waals surface area contributed by atoms with Gasteiger partial charge in [-0.2, -0.15) is 0 Å². The molecule has 0 fully saturated rings. The molecule has 3 N–H and O–H groups in total. The molecule has 0 unspecified atom stereocenters. The van der Waals surface area contributed by atoms with Crippen molar-refractivity contribution in [2.75, 3.05) is 12.1 Å². The van der Waals surface area contributed by atoms with Crippen molar-refractivity contribution >= 4 is 11.6 Å². The number of aliphatic hydroxyl groups is 1. The Morgan fingerprint density at radius 2 is 1.77 bits per heavy atom. The molecular weight excluding hydrogens is 450 g/mol. The summed E-state index contributed by atoms with van der Waals surface area (Å²) in [4.78, 5) is 13.0. The molecule has 0 aliphatic carbocycles. The van der Waals surface area contributed by atoms with E-state index in [4.69, 9.17) is 18.9 Å². The van der Waals surface area contributed by atoms with Gasteiger partial charge >= 0.3 is 0 Å². The molecule has 180 valence electrons. The van der Waals surface area contributed by atoms with Crippen molar-refractivity contribution in [3.63, 3.8) is 0 Å². The van der Waals surface area contributed by atoms with E-state index in [-0.39, 0.29) is 43.1 Å². The third-order valence-electron chi connectivity index (χ3n) is 5.90. The van der Waals surface area contributed by atoms with Crippen molar-refractivity contribution < 1.29 is 34.0 Å². The first kappa shape index (κ1) is 22.8. The van der Waals surface area contributed by atoms with E-state index in [1.165, 1.54) is 6.07 Å². The summed E-state index contributed by atoms with van der Waals surface area (Å²) in [6.45, 7) is 0.431. The minimum absolute atomic E-state index is 0.0235. The van der Waals surface area contributed by atoms with Crippen LogP contribution in [0.4, 0.5) is 5.69 Å². The Balaban J connectivity index is 1.36. The first-order chi connectivity index (χ1) is 17.1. The number of nitrogens with one attached hydrogen (secondary N) is 1. The Morgan fingerprint density at radius 1 is 1.00 bits per heavy atom. The Hall–Kier alpha value is -4.01. The quantitative estimate of drug-likeness (QED) is 0.440. The summed E-state index contributed by atoms with van der Waals surface area (Å²) < 4.78 is 22.9. The normalized spacial score (nSPS) is 18.5. The van der Waals surface area contributed by atoms with Crippen LogP contribution in [0.5, 0.6) is 17.2 Å². The topological polar surface area (TPSA) is 106 Å². The highest BCUT2D eigenvalue weighted by molar-refractivity contribution is 6.03. The fourth-order valence-corrected chi connectivity index (χ4v) is 3.99. The Labute approximate surface area is 202 Å². The number of anilines is 1. The van der Waals surface area contributed by atoms with Crippen LogP contribution in [-0.4, -0.2) is 29.2 Å². The second-order valence-electron chi connectivity index (χ2n) is 8.29. The molecule has 3 aromatic rings. The Morgan fingerprint density at radius 3 is 2.57 bits per heavy atom. The van der Waals surface area contributed by atoms with Gasteiger partial charge in [0, 0.05) is 12.3 Å². The van der Waals surface area contributed by atoms with Crippen molar-refractivity contribution in [1.82, 2.24) is 0 Å². The molecule has 2 atom stereocenters. The van der Waals surface area contributed by atoms with Gasteiger partial charge in [0.15, 0.2) is 17.3 Å². The van der Waals surface area contributed by atoms with E-state index in [1.54, 1.807) is 24.3 Å². The maximum Gasteiger partial charge on any atom is 0.290 e. The van der Waals surface area contributed by atoms with Crippen molar-refractivity contribution in [1.29, 1.82) is 0 Å². The Bertz CT molecular complexity index is 1240. The van der Waals surface area contributed by atoms with E-state index in [1.807, 2.05) is 42.5 Å². The van der Waals surface area contributed by atoms with Crippen molar-refractivity contribution in [3.8, 4) is 17.2 Å². The predicted molar refractivity (Wildman–Crippen MR) is 127 cm³/mol. The predicted octanol–water partition coefficient (Wildman–Crippen LogP) is 4.18. The number of hydrogen-bond acceptors (Lipinski definition) is 7. The summed E-state index contributed by atoms with van der Waals surface area (Å²) in [5.41, 5.74) is 2.96. The van der Waals surface area contributed by atoms with E-state index < -0.39 is 12.2 Å². The number of amides is 1. The van der Waals surface area contributed by atoms with Gasteiger partial charge in [-0.1, -0.05) is 42.5 Å². The van der Waals surface area contributed by atoms with Crippen LogP contribution in [0.2, 0.25) is 0 Å². The van der Waals surface area contributed by atoms with Crippen LogP contribution in [0.3, 0.4) is 0 Å². The largest absolute Gasteiger partial charge is 0.506 e. The highest BCUT2D eigenvalue weighted by atomic mass is 16.7. The van der Waals surface area contributed by atoms with Gasteiger partial charge in [0.2, 0.25) is 13.1 Å². The highest BCUT2D eigenvalue weighted by Crippen LogP contribution is 2.38. The summed E-state index contributed by atoms with van der Waals surface area (Å²) >= 11 is 0. The summed E-state index contributed by atoms with van der Waals surface area (Å²) in [7, 11) is 0. The molecule has 0 aromatic heterocycles. The van der Waals surface area contributed by atoms with Gasteiger partial charge in [0.25, 0.3) is 5.91 Å². The smallest absolute Gasteiger partial charge is 0.290 e. The third-order valence-corrected chi connectivity index (χ3v) is 5.90. The molecule has 2 aliphatic rings. The third kappa shape index (κ3) is 5.24. The number of allylic oxidation sites excluding steroid dienone is 1. The standard InChI is InChI=1S/C27H25NO7/c29-14-17-5-7-18(8-6-17)15-32-26-13-20(19-9-10-23-24(11-19)34-16-33-23)12-25(35-26)27(31)28-21-3-1-2-4-22(21)30/h1-12,20,26,29-30H,13-16H2,(H,28,31)/t20-,26+/m0/s1. The number of aliphatic hydroxyl groups excluding tert-OH is 1. The molecule has 3 aromatic carbocycles. The Kier molecular flexibility index (Phi) is 6.56. The lowest BCUT2D eigenvalue weighted by atomic mass is 9.92. The van der Waals surface area contributed by atoms with Gasteiger partial charge in [-0.15, -0.1) is 0 Å². The molecule has 0 radical (unpaired) electrons. The number of carbonyl (C=O) groups is 1. The minimum Gasteiger partial charge on any atom is -0.506 e. The lowest BCUT2D eigenvalue weighted by Gasteiger charge is -2.29. The van der Waals surface area contributed by atoms with Crippen molar-refractivity contribution in [2.24, 2.45) is 0 Å². The van der Waals surface area contributed by atoms with Gasteiger partial charge in [0.05, 0.1) is 18.9 Å². The number of rotatable bonds is 7. The molecule has 0 spiro atoms. The van der Waals surface area contributed by atoms with Gasteiger partial charge < -0.3 is 34.5 Å². The summed E-state index contributed by atoms with van der Waals surface area (Å²) in [6, 6.07) is 19.6. The number of phenolic OH excluding ortho intramolecular Hbond substituents is 1. The first-order valence-electron chi connectivity index (χ1n) is 11.3. The minimum atomic E-state index is -0.682. The van der Waals surface area contributed by atoms with Gasteiger partial charge in [-0.3, -0.25) is 4.79 Å². The zero-order valence-corrected chi connectivity index (χ0v) is 18.8. The van der Waals surface area contributed by atoms with E-state index in [2.05, 4.69) is 5.32 Å². The summed E-state index contributed by atoms with van der Waals surface area (Å²) in [5, 5.41) is 22.0. The van der Waals surface area contributed by atoms with Crippen molar-refractivity contribution in [3.05, 3.63) is 95.3 Å². The highest BCUT2D eigenvalue weighted by Gasteiger charge is 2.30. The number of phenols is 1. The molecule has 2 heterocycles. The molecule has 35 heavy (non-hydrogen) atoms. The molecule has 0 saturated heterocycles. The van der Waals surface area contributed by atoms with Crippen LogP contribution in [0, 0.1) is 0 Å². The van der Waals surface area contributed by atoms with Crippen molar-refractivity contribution in [2.45, 2.75) is 31.8 Å². The van der Waals surface area contributed by atoms with E-state index >= 15 is 0 Å². The molecule has 0 bridgehead atoms. The lowest BCUT2D eigenvalue weighted by molar-refractivity contribution is -0.147. The molecule has 1 amide bonds. The number of benzene rings is 3. The maximum atomic E-state index is 13.0. The summed E-state index contributed by atoms with van der Waals surface area (Å²) in [6.07, 6.45) is 1.56. The fourth-order valence-electron chi connectivity index (χ4n) is 3.99. The molecule has 8 heteroatoms. The SMILES string of the molecule is O=C(Nc1ccccc1O)C1=C[C@H](c2ccc3c(c2)OCO3)C[C@H](OCc2ccc(CO)cc2)O1. The molecular formula is C27H25NO7. The first-order valence-corrected chi connectivity index (χ1v) is 11.3. The van der Waals surface area contributed by atoms with Crippen LogP contribution in [0.15, 0.2) is 78.6 Å². The maximum absolute atomic E-state index is 13.0. The van der Waals surface area contributed by atoms with Gasteiger partial charge in [-0.25, -0.2) is 0 Å². The monoisotopic (exact) mass is 475 g/mol. The molecule has 8 nitrogen and oxygen atoms in total. The van der Waals surface area contributed by atoms with Gasteiger partial charge in [0.1, 0.15) is 5.75 Å². The fraction of sp³-hybridized carbons (Fsp3) is 0.222. The average molecular weight is 475 g/mol. The zero-order valence-electron chi connectivity index (χ0n) is 18.8. The van der Waals surface area contributed by atoms with Crippen LogP contribution in [-0.2, 0) is 27.5 Å². The van der Waals surface area contributed by atoms with Gasteiger partial charge in [-0.05, 0) is 47.0 Å². The number of para-hydroxylation sites is 2. The summed E-state index contributed by atoms with van der Waals surface area (Å²) in [5.74, 6) is 0.736. The number of carbonyl (C=O) groups excluding carboxylic acids is 1. The van der Waals surface area contributed by atoms with E-state index in [0.717, 1.165) is 16.7 Å². The molecule has 5 rings (SSSR count). The second-order valence-corrected chi connectivity index (χ2v) is 8.29. The number of aromatic hydroxyl groups is 1. The van der Waals surface area contributed by atoms with Crippen LogP contribution in [0.25, 0.3) is 0 Å². The number of hydrogen-bond donors (Lipinski definition) is 3. The average Bonchev–Trinajstić information content (AvgIpc) is 3.37. The second kappa shape index (κ2) is 10.1. The molecule has 0 saturated carbocycles. The number of ether oxygens (including phenoxy) is 4. The molecule has 2 aliphatic heterocycles. The van der Waals surface area contributed by atoms with E-state index in [0.29, 0.717) is 17.9 Å². The number of fused-ring (bicyclic) bond motifs is 1. The lowest BCUT2D eigenvalue weighted by Crippen LogP contribution is -2.29. The zero-order chi connectivity index (χ0) is 24.2.